The van der Waals surface area contributed by atoms with E-state index in [1.165, 1.54) is 11.2 Å². The molecular formula is C24H19N3O4. The number of nitrogens with one attached hydrogen (secondary N) is 1. The number of hydrogen-bond donors (Lipinski definition) is 2. The van der Waals surface area contributed by atoms with Crippen molar-refractivity contribution in [2.75, 3.05) is 4.90 Å². The summed E-state index contributed by atoms with van der Waals surface area (Å²) in [6.45, 7) is 3.88. The average molecular weight is 413 g/mol. The number of carbonyl (C=O) groups is 2. The van der Waals surface area contributed by atoms with Gasteiger partial charge in [-0.3, -0.25) is 14.5 Å². The molecule has 3 heterocycles. The van der Waals surface area contributed by atoms with Crippen molar-refractivity contribution in [2.45, 2.75) is 19.9 Å². The van der Waals surface area contributed by atoms with Gasteiger partial charge in [0.25, 0.3) is 5.78 Å². The number of benzene rings is 2. The third-order valence-corrected chi connectivity index (χ3v) is 5.44. The highest BCUT2D eigenvalue weighted by atomic mass is 16.3. The predicted molar refractivity (Wildman–Crippen MR) is 116 cm³/mol. The molecule has 1 amide bonds. The van der Waals surface area contributed by atoms with E-state index in [0.717, 1.165) is 16.6 Å². The number of aromatic nitrogens is 2. The number of ketones is 1. The molecule has 1 aliphatic heterocycles. The molecule has 0 aliphatic carbocycles. The number of fused-ring (bicyclic) bond motifs is 1. The van der Waals surface area contributed by atoms with Crippen molar-refractivity contribution in [3.63, 3.8) is 0 Å². The fraction of sp³-hybridized carbons (Fsp3) is 0.125. The van der Waals surface area contributed by atoms with Crippen LogP contribution in [-0.4, -0.2) is 26.8 Å². The standard InChI is InChI=1S/C24H19N3O4/c1-13-5-8-15(9-6-13)21(28)19-20(18-4-3-11-31-18)27(23(30)22(19)29)24-25-16-10-7-14(2)12-17(16)26-24/h3-12,20,28H,1-2H3,(H,25,26)/b21-19+. The molecule has 0 bridgehead atoms. The molecule has 2 aromatic heterocycles. The highest BCUT2D eigenvalue weighted by molar-refractivity contribution is 6.51. The van der Waals surface area contributed by atoms with Crippen molar-refractivity contribution in [3.05, 3.63) is 88.9 Å². The molecule has 1 fully saturated rings. The maximum atomic E-state index is 13.1. The van der Waals surface area contributed by atoms with Gasteiger partial charge < -0.3 is 14.5 Å². The molecule has 7 heteroatoms. The molecule has 4 aromatic rings. The van der Waals surface area contributed by atoms with E-state index in [0.29, 0.717) is 16.8 Å². The second-order valence-electron chi connectivity index (χ2n) is 7.63. The molecule has 1 unspecified atom stereocenters. The van der Waals surface area contributed by atoms with Gasteiger partial charge in [0, 0.05) is 5.56 Å². The number of aliphatic hydroxyl groups is 1. The predicted octanol–water partition coefficient (Wildman–Crippen LogP) is 4.40. The minimum Gasteiger partial charge on any atom is -0.507 e. The lowest BCUT2D eigenvalue weighted by molar-refractivity contribution is -0.132. The summed E-state index contributed by atoms with van der Waals surface area (Å²) < 4.78 is 5.56. The van der Waals surface area contributed by atoms with Crippen molar-refractivity contribution in [1.29, 1.82) is 0 Å². The van der Waals surface area contributed by atoms with Gasteiger partial charge in [0.15, 0.2) is 0 Å². The first-order valence-electron chi connectivity index (χ1n) is 9.82. The number of anilines is 1. The van der Waals surface area contributed by atoms with Crippen molar-refractivity contribution < 1.29 is 19.1 Å². The Morgan fingerprint density at radius 3 is 2.52 bits per heavy atom. The number of nitrogens with zero attached hydrogens (tertiary/aromatic N) is 2. The van der Waals surface area contributed by atoms with Gasteiger partial charge in [0.1, 0.15) is 17.6 Å². The van der Waals surface area contributed by atoms with E-state index in [2.05, 4.69) is 9.97 Å². The Labute approximate surface area is 177 Å². The summed E-state index contributed by atoms with van der Waals surface area (Å²) in [5, 5.41) is 11.0. The van der Waals surface area contributed by atoms with Crippen LogP contribution in [0.1, 0.15) is 28.5 Å². The van der Waals surface area contributed by atoms with Gasteiger partial charge >= 0.3 is 5.91 Å². The van der Waals surface area contributed by atoms with Gasteiger partial charge in [-0.15, -0.1) is 0 Å². The summed E-state index contributed by atoms with van der Waals surface area (Å²) >= 11 is 0. The maximum Gasteiger partial charge on any atom is 0.302 e. The fourth-order valence-corrected chi connectivity index (χ4v) is 3.86. The lowest BCUT2D eigenvalue weighted by Crippen LogP contribution is -2.30. The normalized spacial score (nSPS) is 18.3. The number of furan rings is 1. The Morgan fingerprint density at radius 1 is 1.06 bits per heavy atom. The molecule has 7 nitrogen and oxygen atoms in total. The molecule has 0 saturated carbocycles. The molecule has 1 aliphatic rings. The summed E-state index contributed by atoms with van der Waals surface area (Å²) in [5.41, 5.74) is 3.86. The van der Waals surface area contributed by atoms with E-state index < -0.39 is 17.7 Å². The first-order valence-corrected chi connectivity index (χ1v) is 9.82. The topological polar surface area (TPSA) is 99.4 Å². The Hall–Kier alpha value is -4.13. The van der Waals surface area contributed by atoms with Gasteiger partial charge in [-0.2, -0.15) is 0 Å². The number of amides is 1. The van der Waals surface area contributed by atoms with Crippen LogP contribution >= 0.6 is 0 Å². The summed E-state index contributed by atoms with van der Waals surface area (Å²) in [6, 6.07) is 15.1. The molecule has 0 radical (unpaired) electrons. The van der Waals surface area contributed by atoms with Crippen LogP contribution in [0.15, 0.2) is 70.9 Å². The van der Waals surface area contributed by atoms with Crippen molar-refractivity contribution in [3.8, 4) is 0 Å². The van der Waals surface area contributed by atoms with Gasteiger partial charge in [0.05, 0.1) is 22.9 Å². The quantitative estimate of drug-likeness (QED) is 0.295. The zero-order valence-electron chi connectivity index (χ0n) is 16.9. The summed E-state index contributed by atoms with van der Waals surface area (Å²) in [7, 11) is 0. The number of rotatable bonds is 3. The SMILES string of the molecule is Cc1ccc(/C(O)=C2\C(=O)C(=O)N(c3nc4ccc(C)cc4[nH]3)C2c2ccco2)cc1. The highest BCUT2D eigenvalue weighted by Gasteiger charge is 2.49. The lowest BCUT2D eigenvalue weighted by Gasteiger charge is -2.20. The zero-order valence-corrected chi connectivity index (χ0v) is 16.9. The molecule has 154 valence electrons. The third kappa shape index (κ3) is 3.02. The van der Waals surface area contributed by atoms with Gasteiger partial charge in [-0.25, -0.2) is 4.98 Å². The van der Waals surface area contributed by atoms with Crippen LogP contribution in [0, 0.1) is 13.8 Å². The molecule has 2 aromatic carbocycles. The van der Waals surface area contributed by atoms with E-state index in [-0.39, 0.29) is 17.3 Å². The number of aryl methyl sites for hydroxylation is 2. The molecule has 31 heavy (non-hydrogen) atoms. The number of hydrogen-bond acceptors (Lipinski definition) is 5. The van der Waals surface area contributed by atoms with Crippen molar-refractivity contribution in [2.24, 2.45) is 0 Å². The minimum atomic E-state index is -0.946. The molecule has 2 N–H and O–H groups in total. The first-order chi connectivity index (χ1) is 14.9. The second kappa shape index (κ2) is 6.98. The number of Topliss-reactive ketones (excluding diaryl/α,β-unsaturated/α-hetero) is 1. The number of H-pyrrole nitrogens is 1. The second-order valence-corrected chi connectivity index (χ2v) is 7.63. The molecule has 5 rings (SSSR count). The van der Waals surface area contributed by atoms with Crippen LogP contribution in [-0.2, 0) is 9.59 Å². The highest BCUT2D eigenvalue weighted by Crippen LogP contribution is 2.41. The van der Waals surface area contributed by atoms with E-state index in [9.17, 15) is 14.7 Å². The number of imidazole rings is 1. The van der Waals surface area contributed by atoms with Crippen molar-refractivity contribution >= 4 is 34.4 Å². The van der Waals surface area contributed by atoms with E-state index >= 15 is 0 Å². The van der Waals surface area contributed by atoms with Crippen LogP contribution in [0.5, 0.6) is 0 Å². The minimum absolute atomic E-state index is 0.0413. The lowest BCUT2D eigenvalue weighted by atomic mass is 9.99. The maximum absolute atomic E-state index is 13.1. The first kappa shape index (κ1) is 18.9. The van der Waals surface area contributed by atoms with Crippen LogP contribution in [0.25, 0.3) is 16.8 Å². The average Bonchev–Trinajstić information content (AvgIpc) is 3.47. The van der Waals surface area contributed by atoms with Crippen LogP contribution < -0.4 is 4.90 Å². The van der Waals surface area contributed by atoms with Crippen LogP contribution in [0.3, 0.4) is 0 Å². The summed E-state index contributed by atoms with van der Waals surface area (Å²) in [5.74, 6) is -1.27. The summed E-state index contributed by atoms with van der Waals surface area (Å²) in [6.07, 6.45) is 1.46. The summed E-state index contributed by atoms with van der Waals surface area (Å²) in [4.78, 5) is 35.0. The molecule has 0 spiro atoms. The molecule has 1 saturated heterocycles. The van der Waals surface area contributed by atoms with Gasteiger partial charge in [-0.1, -0.05) is 35.9 Å². The number of aliphatic hydroxyl groups excluding tert-OH is 1. The zero-order chi connectivity index (χ0) is 21.7. The van der Waals surface area contributed by atoms with Crippen LogP contribution in [0.4, 0.5) is 5.95 Å². The van der Waals surface area contributed by atoms with E-state index in [1.54, 1.807) is 24.3 Å². The van der Waals surface area contributed by atoms with Gasteiger partial charge in [0.2, 0.25) is 5.95 Å². The van der Waals surface area contributed by atoms with Crippen molar-refractivity contribution in [1.82, 2.24) is 9.97 Å². The van der Waals surface area contributed by atoms with Crippen LogP contribution in [0.2, 0.25) is 0 Å². The third-order valence-electron chi connectivity index (χ3n) is 5.44. The number of aromatic amines is 1. The fourth-order valence-electron chi connectivity index (χ4n) is 3.86. The Bertz CT molecular complexity index is 1350. The van der Waals surface area contributed by atoms with Gasteiger partial charge in [-0.05, 0) is 43.7 Å². The smallest absolute Gasteiger partial charge is 0.302 e. The molecular weight excluding hydrogens is 394 g/mol. The molecule has 1 atom stereocenters. The Morgan fingerprint density at radius 2 is 1.81 bits per heavy atom. The van der Waals surface area contributed by atoms with E-state index in [1.807, 2.05) is 44.2 Å². The largest absolute Gasteiger partial charge is 0.507 e. The Balaban J connectivity index is 1.71. The van der Waals surface area contributed by atoms with E-state index in [4.69, 9.17) is 4.42 Å². The monoisotopic (exact) mass is 413 g/mol. The Kier molecular flexibility index (Phi) is 4.25. The number of carbonyl (C=O) groups excluding carboxylic acids is 2.